The van der Waals surface area contributed by atoms with Crippen LogP contribution >= 0.6 is 0 Å². The Balaban J connectivity index is 3.17. The van der Waals surface area contributed by atoms with E-state index >= 15 is 0 Å². The first-order chi connectivity index (χ1) is 7.52. The van der Waals surface area contributed by atoms with E-state index in [9.17, 15) is 9.59 Å². The van der Waals surface area contributed by atoms with Gasteiger partial charge in [-0.2, -0.15) is 0 Å². The lowest BCUT2D eigenvalue weighted by Gasteiger charge is -2.28. The summed E-state index contributed by atoms with van der Waals surface area (Å²) in [6.07, 6.45) is 2.95. The molecular formula is C12H16O4. The molecule has 2 atom stereocenters. The van der Waals surface area contributed by atoms with Crippen molar-refractivity contribution in [2.24, 2.45) is 5.92 Å². The highest BCUT2D eigenvalue weighted by molar-refractivity contribution is 5.99. The van der Waals surface area contributed by atoms with Crippen LogP contribution in [0.25, 0.3) is 0 Å². The summed E-state index contributed by atoms with van der Waals surface area (Å²) >= 11 is 0. The number of methoxy groups -OCH3 is 1. The van der Waals surface area contributed by atoms with Gasteiger partial charge in [0.05, 0.1) is 24.9 Å². The summed E-state index contributed by atoms with van der Waals surface area (Å²) in [5.74, 6) is -1.15. The van der Waals surface area contributed by atoms with Crippen LogP contribution in [0.4, 0.5) is 0 Å². The third-order valence-corrected chi connectivity index (χ3v) is 2.67. The van der Waals surface area contributed by atoms with Crippen LogP contribution in [0.15, 0.2) is 23.5 Å². The minimum atomic E-state index is -0.541. The summed E-state index contributed by atoms with van der Waals surface area (Å²) in [7, 11) is 1.29. The van der Waals surface area contributed by atoms with Crippen molar-refractivity contribution in [3.63, 3.8) is 0 Å². The van der Waals surface area contributed by atoms with Crippen LogP contribution in [-0.2, 0) is 19.1 Å². The molecule has 0 saturated carbocycles. The fourth-order valence-corrected chi connectivity index (χ4v) is 1.88. The van der Waals surface area contributed by atoms with Crippen molar-refractivity contribution in [1.29, 1.82) is 0 Å². The molecule has 4 nitrogen and oxygen atoms in total. The van der Waals surface area contributed by atoms with E-state index in [1.54, 1.807) is 0 Å². The zero-order valence-corrected chi connectivity index (χ0v) is 9.94. The zero-order valence-electron chi connectivity index (χ0n) is 9.94. The van der Waals surface area contributed by atoms with E-state index in [1.807, 2.05) is 19.9 Å². The van der Waals surface area contributed by atoms with Gasteiger partial charge in [-0.05, 0) is 26.3 Å². The summed E-state index contributed by atoms with van der Waals surface area (Å²) in [5.41, 5.74) is 1.07. The van der Waals surface area contributed by atoms with Gasteiger partial charge in [0, 0.05) is 0 Å². The van der Waals surface area contributed by atoms with Gasteiger partial charge in [-0.15, -0.1) is 0 Å². The molecule has 0 spiro atoms. The van der Waals surface area contributed by atoms with Crippen molar-refractivity contribution >= 4 is 11.8 Å². The van der Waals surface area contributed by atoms with Gasteiger partial charge in [0.1, 0.15) is 11.9 Å². The lowest BCUT2D eigenvalue weighted by molar-refractivity contribution is -0.138. The standard InChI is InChI=1S/C12H16O4/c1-5-9-8(3)16-6-10(12(14)15-4)11(9)7(2)13/h5-6,8,11H,1-4H3/b9-5+. The van der Waals surface area contributed by atoms with Gasteiger partial charge < -0.3 is 9.47 Å². The number of allylic oxidation sites excluding steroid dienone is 1. The Bertz CT molecular complexity index is 365. The minimum Gasteiger partial charge on any atom is -0.493 e. The van der Waals surface area contributed by atoms with Gasteiger partial charge in [-0.25, -0.2) is 4.79 Å². The number of Topliss-reactive ketones (excluding diaryl/α,β-unsaturated/α-hetero) is 1. The fraction of sp³-hybridized carbons (Fsp3) is 0.500. The van der Waals surface area contributed by atoms with E-state index < -0.39 is 11.9 Å². The van der Waals surface area contributed by atoms with Gasteiger partial charge >= 0.3 is 5.97 Å². The number of carbonyl (C=O) groups is 2. The van der Waals surface area contributed by atoms with Crippen LogP contribution in [0.5, 0.6) is 0 Å². The highest BCUT2D eigenvalue weighted by atomic mass is 16.5. The van der Waals surface area contributed by atoms with Crippen molar-refractivity contribution in [3.8, 4) is 0 Å². The van der Waals surface area contributed by atoms with Crippen molar-refractivity contribution in [3.05, 3.63) is 23.5 Å². The molecule has 0 amide bonds. The summed E-state index contributed by atoms with van der Waals surface area (Å²) in [6, 6.07) is 0. The largest absolute Gasteiger partial charge is 0.493 e. The highest BCUT2D eigenvalue weighted by Gasteiger charge is 2.35. The molecule has 0 N–H and O–H groups in total. The molecule has 1 rings (SSSR count). The summed E-state index contributed by atoms with van der Waals surface area (Å²) in [5, 5.41) is 0. The lowest BCUT2D eigenvalue weighted by Crippen LogP contribution is -2.31. The van der Waals surface area contributed by atoms with Crippen LogP contribution in [-0.4, -0.2) is 25.0 Å². The Kier molecular flexibility index (Phi) is 3.88. The molecule has 88 valence electrons. The van der Waals surface area contributed by atoms with E-state index in [1.165, 1.54) is 20.3 Å². The highest BCUT2D eigenvalue weighted by Crippen LogP contribution is 2.31. The van der Waals surface area contributed by atoms with Crippen molar-refractivity contribution < 1.29 is 19.1 Å². The maximum absolute atomic E-state index is 11.6. The topological polar surface area (TPSA) is 52.6 Å². The van der Waals surface area contributed by atoms with Gasteiger partial charge in [0.25, 0.3) is 0 Å². The van der Waals surface area contributed by atoms with Crippen molar-refractivity contribution in [2.45, 2.75) is 26.9 Å². The molecule has 0 bridgehead atoms. The molecule has 16 heavy (non-hydrogen) atoms. The Hall–Kier alpha value is -1.58. The van der Waals surface area contributed by atoms with E-state index in [4.69, 9.17) is 4.74 Å². The molecule has 0 fully saturated rings. The average molecular weight is 224 g/mol. The molecule has 0 radical (unpaired) electrons. The van der Waals surface area contributed by atoms with E-state index in [-0.39, 0.29) is 17.5 Å². The predicted molar refractivity (Wildman–Crippen MR) is 58.6 cm³/mol. The average Bonchev–Trinajstić information content (AvgIpc) is 2.27. The van der Waals surface area contributed by atoms with Gasteiger partial charge in [0.2, 0.25) is 0 Å². The maximum Gasteiger partial charge on any atom is 0.337 e. The van der Waals surface area contributed by atoms with Crippen LogP contribution in [0.1, 0.15) is 20.8 Å². The van der Waals surface area contributed by atoms with Crippen LogP contribution < -0.4 is 0 Å². The third kappa shape index (κ3) is 2.15. The Morgan fingerprint density at radius 1 is 1.50 bits per heavy atom. The normalized spacial score (nSPS) is 27.0. The summed E-state index contributed by atoms with van der Waals surface area (Å²) in [4.78, 5) is 23.1. The molecule has 1 aliphatic rings. The van der Waals surface area contributed by atoms with E-state index in [0.29, 0.717) is 0 Å². The SMILES string of the molecule is C/C=C1\C(C)OC=C(C(=O)OC)C1C(C)=O. The number of esters is 1. The molecule has 0 aromatic rings. The Labute approximate surface area is 94.9 Å². The quantitative estimate of drug-likeness (QED) is 0.528. The first kappa shape index (κ1) is 12.5. The summed E-state index contributed by atoms with van der Waals surface area (Å²) in [6.45, 7) is 5.13. The van der Waals surface area contributed by atoms with Gasteiger partial charge in [-0.3, -0.25) is 4.79 Å². The molecule has 2 unspecified atom stereocenters. The minimum absolute atomic E-state index is 0.0834. The predicted octanol–water partition coefficient (Wildman–Crippen LogP) is 1.61. The second-order valence-corrected chi connectivity index (χ2v) is 3.68. The van der Waals surface area contributed by atoms with Crippen LogP contribution in [0, 0.1) is 5.92 Å². The number of rotatable bonds is 2. The smallest absolute Gasteiger partial charge is 0.337 e. The second-order valence-electron chi connectivity index (χ2n) is 3.68. The van der Waals surface area contributed by atoms with Crippen LogP contribution in [0.2, 0.25) is 0 Å². The van der Waals surface area contributed by atoms with E-state index in [0.717, 1.165) is 5.57 Å². The molecule has 4 heteroatoms. The fourth-order valence-electron chi connectivity index (χ4n) is 1.88. The molecule has 0 aromatic heterocycles. The first-order valence-corrected chi connectivity index (χ1v) is 5.13. The monoisotopic (exact) mass is 224 g/mol. The lowest BCUT2D eigenvalue weighted by atomic mass is 9.84. The molecule has 1 heterocycles. The molecule has 0 saturated heterocycles. The van der Waals surface area contributed by atoms with Crippen molar-refractivity contribution in [2.75, 3.05) is 7.11 Å². The zero-order chi connectivity index (χ0) is 12.3. The summed E-state index contributed by atoms with van der Waals surface area (Å²) < 4.78 is 9.95. The molecule has 0 aromatic carbocycles. The molecule has 0 aliphatic carbocycles. The molecule has 1 aliphatic heterocycles. The number of hydrogen-bond acceptors (Lipinski definition) is 4. The maximum atomic E-state index is 11.6. The van der Waals surface area contributed by atoms with Crippen molar-refractivity contribution in [1.82, 2.24) is 0 Å². The van der Waals surface area contributed by atoms with Gasteiger partial charge in [0.15, 0.2) is 0 Å². The second kappa shape index (κ2) is 4.96. The number of ketones is 1. The molecular weight excluding hydrogens is 208 g/mol. The number of carbonyl (C=O) groups excluding carboxylic acids is 2. The Morgan fingerprint density at radius 2 is 2.12 bits per heavy atom. The van der Waals surface area contributed by atoms with Gasteiger partial charge in [-0.1, -0.05) is 6.08 Å². The third-order valence-electron chi connectivity index (χ3n) is 2.67. The van der Waals surface area contributed by atoms with E-state index in [2.05, 4.69) is 4.74 Å². The first-order valence-electron chi connectivity index (χ1n) is 5.13. The number of hydrogen-bond donors (Lipinski definition) is 0. The number of ether oxygens (including phenoxy) is 2. The van der Waals surface area contributed by atoms with Crippen LogP contribution in [0.3, 0.4) is 0 Å². The Morgan fingerprint density at radius 3 is 2.56 bits per heavy atom.